The summed E-state index contributed by atoms with van der Waals surface area (Å²) in [7, 11) is -3.46. The Morgan fingerprint density at radius 3 is 2.57 bits per heavy atom. The number of nitrogens with two attached hydrogens (primary N) is 1. The second-order valence-electron chi connectivity index (χ2n) is 2.74. The number of halogens is 1. The highest BCUT2D eigenvalue weighted by Crippen LogP contribution is 2.16. The van der Waals surface area contributed by atoms with Gasteiger partial charge in [-0.15, -0.1) is 0 Å². The largest absolute Gasteiger partial charge is 0.324 e. The first-order valence-corrected chi connectivity index (χ1v) is 5.90. The zero-order valence-electron chi connectivity index (χ0n) is 7.40. The van der Waals surface area contributed by atoms with Gasteiger partial charge in [0.1, 0.15) is 5.15 Å². The molecule has 0 aromatic carbocycles. The average Bonchev–Trinajstić information content (AvgIpc) is 2.45. The molecule has 0 spiro atoms. The van der Waals surface area contributed by atoms with Crippen LogP contribution in [0.2, 0.25) is 5.15 Å². The van der Waals surface area contributed by atoms with Crippen LogP contribution in [0.4, 0.5) is 0 Å². The molecule has 0 saturated heterocycles. The van der Waals surface area contributed by atoms with E-state index in [-0.39, 0.29) is 23.0 Å². The summed E-state index contributed by atoms with van der Waals surface area (Å²) in [6, 6.07) is 1.28. The Kier molecular flexibility index (Phi) is 2.98. The fourth-order valence-electron chi connectivity index (χ4n) is 0.942. The maximum Gasteiger partial charge on any atom is 0.236 e. The molecule has 1 rings (SSSR count). The number of carbonyl (C=O) groups excluding carboxylic acids is 1. The highest BCUT2D eigenvalue weighted by molar-refractivity contribution is 7.89. The van der Waals surface area contributed by atoms with E-state index in [1.165, 1.54) is 6.07 Å². The van der Waals surface area contributed by atoms with Gasteiger partial charge >= 0.3 is 0 Å². The van der Waals surface area contributed by atoms with Crippen molar-refractivity contribution in [2.45, 2.75) is 0 Å². The third kappa shape index (κ3) is 2.14. The van der Waals surface area contributed by atoms with Crippen LogP contribution in [0.25, 0.3) is 0 Å². The van der Waals surface area contributed by atoms with Crippen molar-refractivity contribution in [2.24, 2.45) is 5.73 Å². The monoisotopic (exact) mass is 236 g/mol. The summed E-state index contributed by atoms with van der Waals surface area (Å²) < 4.78 is 23.1. The van der Waals surface area contributed by atoms with E-state index in [0.29, 0.717) is 0 Å². The topological polar surface area (TPSA) is 82.2 Å². The summed E-state index contributed by atoms with van der Waals surface area (Å²) in [6.07, 6.45) is 2.16. The molecule has 14 heavy (non-hydrogen) atoms. The molecule has 78 valence electrons. The van der Waals surface area contributed by atoms with Gasteiger partial charge < -0.3 is 5.73 Å². The zero-order valence-corrected chi connectivity index (χ0v) is 8.97. The van der Waals surface area contributed by atoms with E-state index in [9.17, 15) is 13.2 Å². The lowest BCUT2D eigenvalue weighted by Crippen LogP contribution is -2.13. The van der Waals surface area contributed by atoms with E-state index >= 15 is 0 Å². The van der Waals surface area contributed by atoms with Crippen molar-refractivity contribution in [1.29, 1.82) is 0 Å². The van der Waals surface area contributed by atoms with Crippen LogP contribution in [-0.4, -0.2) is 31.0 Å². The van der Waals surface area contributed by atoms with Gasteiger partial charge in [0.2, 0.25) is 10.0 Å². The molecule has 1 aromatic heterocycles. The molecule has 0 fully saturated rings. The number of nitrogens with zero attached hydrogens (tertiary/aromatic N) is 1. The van der Waals surface area contributed by atoms with Gasteiger partial charge in [0, 0.05) is 11.8 Å². The summed E-state index contributed by atoms with van der Waals surface area (Å²) in [5, 5.41) is -0.0238. The van der Waals surface area contributed by atoms with Crippen molar-refractivity contribution >= 4 is 27.4 Å². The lowest BCUT2D eigenvalue weighted by atomic mass is 10.2. The molecule has 0 radical (unpaired) electrons. The van der Waals surface area contributed by atoms with Crippen molar-refractivity contribution in [3.05, 3.63) is 23.0 Å². The molecule has 5 nitrogen and oxygen atoms in total. The minimum absolute atomic E-state index is 0.0238. The highest BCUT2D eigenvalue weighted by Gasteiger charge is 2.14. The number of hydrogen-bond donors (Lipinski definition) is 1. The van der Waals surface area contributed by atoms with Crippen LogP contribution in [0.1, 0.15) is 10.4 Å². The first-order valence-electron chi connectivity index (χ1n) is 3.68. The maximum atomic E-state index is 11.1. The second-order valence-corrected chi connectivity index (χ2v) is 4.98. The van der Waals surface area contributed by atoms with E-state index in [2.05, 4.69) is 0 Å². The fraction of sp³-hybridized carbons (Fsp3) is 0.286. The third-order valence-electron chi connectivity index (χ3n) is 1.61. The van der Waals surface area contributed by atoms with Crippen molar-refractivity contribution in [1.82, 2.24) is 3.97 Å². The standard InChI is InChI=1S/C7H9ClN2O3S/c1-14(12,13)10-4-5(2-7(10)8)6(11)3-9/h2,4H,3,9H2,1H3. The molecule has 0 aliphatic carbocycles. The van der Waals surface area contributed by atoms with E-state index in [0.717, 1.165) is 16.4 Å². The van der Waals surface area contributed by atoms with Crippen molar-refractivity contribution in [2.75, 3.05) is 12.8 Å². The summed E-state index contributed by atoms with van der Waals surface area (Å²) >= 11 is 5.62. The summed E-state index contributed by atoms with van der Waals surface area (Å²) in [5.74, 6) is -0.352. The lowest BCUT2D eigenvalue weighted by Gasteiger charge is -1.98. The Morgan fingerprint density at radius 2 is 2.21 bits per heavy atom. The molecule has 0 bridgehead atoms. The molecule has 1 heterocycles. The smallest absolute Gasteiger partial charge is 0.236 e. The number of Topliss-reactive ketones (excluding diaryl/α,β-unsaturated/α-hetero) is 1. The van der Waals surface area contributed by atoms with Gasteiger partial charge in [0.05, 0.1) is 12.8 Å². The van der Waals surface area contributed by atoms with Crippen LogP contribution in [-0.2, 0) is 10.0 Å². The highest BCUT2D eigenvalue weighted by atomic mass is 35.5. The van der Waals surface area contributed by atoms with Crippen LogP contribution >= 0.6 is 11.6 Å². The molecule has 7 heteroatoms. The Morgan fingerprint density at radius 1 is 1.64 bits per heavy atom. The normalized spacial score (nSPS) is 11.6. The Hall–Kier alpha value is -0.850. The van der Waals surface area contributed by atoms with Crippen LogP contribution in [0.15, 0.2) is 12.3 Å². The van der Waals surface area contributed by atoms with E-state index in [4.69, 9.17) is 17.3 Å². The first kappa shape index (κ1) is 11.2. The molecule has 0 atom stereocenters. The number of aromatic nitrogens is 1. The Labute approximate surface area is 86.5 Å². The van der Waals surface area contributed by atoms with Crippen molar-refractivity contribution < 1.29 is 13.2 Å². The lowest BCUT2D eigenvalue weighted by molar-refractivity contribution is 0.100. The third-order valence-corrected chi connectivity index (χ3v) is 3.01. The van der Waals surface area contributed by atoms with Crippen LogP contribution < -0.4 is 5.73 Å². The minimum atomic E-state index is -3.46. The predicted molar refractivity (Wildman–Crippen MR) is 53.1 cm³/mol. The number of ketones is 1. The molecular weight excluding hydrogens is 228 g/mol. The SMILES string of the molecule is CS(=O)(=O)n1cc(C(=O)CN)cc1Cl. The van der Waals surface area contributed by atoms with Crippen molar-refractivity contribution in [3.63, 3.8) is 0 Å². The van der Waals surface area contributed by atoms with Gasteiger partial charge in [-0.05, 0) is 6.07 Å². The number of carbonyl (C=O) groups is 1. The quantitative estimate of drug-likeness (QED) is 0.754. The minimum Gasteiger partial charge on any atom is -0.324 e. The molecule has 0 amide bonds. The predicted octanol–water partition coefficient (Wildman–Crippen LogP) is 0.0906. The van der Waals surface area contributed by atoms with Gasteiger partial charge in [-0.2, -0.15) is 0 Å². The number of rotatable bonds is 3. The van der Waals surface area contributed by atoms with Crippen LogP contribution in [0, 0.1) is 0 Å². The van der Waals surface area contributed by atoms with Crippen LogP contribution in [0.5, 0.6) is 0 Å². The van der Waals surface area contributed by atoms with Crippen molar-refractivity contribution in [3.8, 4) is 0 Å². The Bertz CT molecular complexity index is 463. The molecule has 2 N–H and O–H groups in total. The Balaban J connectivity index is 3.25. The zero-order chi connectivity index (χ0) is 10.9. The van der Waals surface area contributed by atoms with Gasteiger partial charge in [0.25, 0.3) is 0 Å². The average molecular weight is 237 g/mol. The van der Waals surface area contributed by atoms with E-state index in [1.807, 2.05) is 0 Å². The fourth-order valence-corrected chi connectivity index (χ4v) is 2.16. The summed E-state index contributed by atoms with van der Waals surface area (Å²) in [4.78, 5) is 11.1. The second kappa shape index (κ2) is 3.72. The molecule has 1 aromatic rings. The molecule has 0 saturated carbocycles. The molecular formula is C7H9ClN2O3S. The summed E-state index contributed by atoms with van der Waals surface area (Å²) in [5.41, 5.74) is 5.32. The molecule has 0 aliphatic heterocycles. The maximum absolute atomic E-state index is 11.1. The first-order chi connectivity index (χ1) is 6.36. The van der Waals surface area contributed by atoms with Crippen LogP contribution in [0.3, 0.4) is 0 Å². The van der Waals surface area contributed by atoms with E-state index in [1.54, 1.807) is 0 Å². The van der Waals surface area contributed by atoms with Gasteiger partial charge in [-0.3, -0.25) is 4.79 Å². The molecule has 0 aliphatic rings. The van der Waals surface area contributed by atoms with Gasteiger partial charge in [-0.1, -0.05) is 11.6 Å². The van der Waals surface area contributed by atoms with E-state index < -0.39 is 10.0 Å². The van der Waals surface area contributed by atoms with Gasteiger partial charge in [-0.25, -0.2) is 12.4 Å². The van der Waals surface area contributed by atoms with Gasteiger partial charge in [0.15, 0.2) is 5.78 Å². The summed E-state index contributed by atoms with van der Waals surface area (Å²) in [6.45, 7) is -0.176. The molecule has 0 unspecified atom stereocenters. The number of hydrogen-bond acceptors (Lipinski definition) is 4.